The Kier molecular flexibility index (Phi) is 4.24. The first-order valence-corrected chi connectivity index (χ1v) is 7.62. The highest BCUT2D eigenvalue weighted by Gasteiger charge is 2.36. The van der Waals surface area contributed by atoms with Gasteiger partial charge in [0.25, 0.3) is 5.91 Å². The lowest BCUT2D eigenvalue weighted by Crippen LogP contribution is -2.46. The van der Waals surface area contributed by atoms with Gasteiger partial charge in [-0.15, -0.1) is 0 Å². The fourth-order valence-corrected chi connectivity index (χ4v) is 2.67. The van der Waals surface area contributed by atoms with Crippen LogP contribution >= 0.6 is 0 Å². The van der Waals surface area contributed by atoms with Crippen molar-refractivity contribution >= 4 is 17.6 Å². The number of para-hydroxylation sites is 2. The van der Waals surface area contributed by atoms with Gasteiger partial charge >= 0.3 is 5.97 Å². The van der Waals surface area contributed by atoms with Gasteiger partial charge in [-0.1, -0.05) is 12.1 Å². The van der Waals surface area contributed by atoms with E-state index in [0.29, 0.717) is 18.0 Å². The fraction of sp³-hybridized carbons (Fsp3) is 0.353. The van der Waals surface area contributed by atoms with E-state index in [2.05, 4.69) is 9.84 Å². The van der Waals surface area contributed by atoms with E-state index < -0.39 is 12.1 Å². The number of esters is 1. The Bertz CT molecular complexity index is 784. The average Bonchev–Trinajstić information content (AvgIpc) is 2.90. The highest BCUT2D eigenvalue weighted by atomic mass is 16.5. The van der Waals surface area contributed by atoms with E-state index in [4.69, 9.17) is 4.74 Å². The summed E-state index contributed by atoms with van der Waals surface area (Å²) in [5.41, 5.74) is 2.61. The molecular weight excluding hydrogens is 310 g/mol. The molecule has 0 spiro atoms. The van der Waals surface area contributed by atoms with Crippen molar-refractivity contribution in [2.24, 2.45) is 7.05 Å². The zero-order valence-electron chi connectivity index (χ0n) is 13.9. The van der Waals surface area contributed by atoms with Crippen LogP contribution in [0, 0.1) is 6.92 Å². The number of carbonyl (C=O) groups excluding carboxylic acids is 2. The minimum atomic E-state index is -0.885. The largest absolute Gasteiger partial charge is 0.478 e. The van der Waals surface area contributed by atoms with Crippen molar-refractivity contribution < 1.29 is 19.1 Å². The maximum absolute atomic E-state index is 12.8. The third kappa shape index (κ3) is 2.84. The van der Waals surface area contributed by atoms with Crippen molar-refractivity contribution in [1.82, 2.24) is 9.78 Å². The van der Waals surface area contributed by atoms with E-state index in [-0.39, 0.29) is 12.3 Å². The van der Waals surface area contributed by atoms with Crippen LogP contribution in [0.25, 0.3) is 0 Å². The van der Waals surface area contributed by atoms with E-state index in [1.54, 1.807) is 21.8 Å². The number of amides is 1. The first kappa shape index (κ1) is 16.0. The summed E-state index contributed by atoms with van der Waals surface area (Å²) in [6.45, 7) is 2.32. The molecular formula is C17H19N3O4. The third-order valence-corrected chi connectivity index (χ3v) is 4.21. The summed E-state index contributed by atoms with van der Waals surface area (Å²) in [5, 5.41) is 4.22. The highest BCUT2D eigenvalue weighted by molar-refractivity contribution is 6.01. The molecule has 1 aromatic heterocycles. The van der Waals surface area contributed by atoms with Crippen molar-refractivity contribution in [3.63, 3.8) is 0 Å². The summed E-state index contributed by atoms with van der Waals surface area (Å²) in [4.78, 5) is 26.0. The van der Waals surface area contributed by atoms with Gasteiger partial charge in [0.2, 0.25) is 0 Å². The van der Waals surface area contributed by atoms with Crippen LogP contribution in [0.2, 0.25) is 0 Å². The number of hydrogen-bond acceptors (Lipinski definition) is 5. The van der Waals surface area contributed by atoms with E-state index in [1.165, 1.54) is 7.11 Å². The van der Waals surface area contributed by atoms with Gasteiger partial charge in [-0.3, -0.25) is 14.3 Å². The summed E-state index contributed by atoms with van der Waals surface area (Å²) >= 11 is 0. The number of nitrogens with zero attached hydrogens (tertiary/aromatic N) is 3. The summed E-state index contributed by atoms with van der Waals surface area (Å²) in [6.07, 6.45) is 0.742. The Balaban J connectivity index is 1.94. The van der Waals surface area contributed by atoms with Crippen molar-refractivity contribution in [3.05, 3.63) is 41.7 Å². The average molecular weight is 329 g/mol. The molecule has 1 aromatic carbocycles. The summed E-state index contributed by atoms with van der Waals surface area (Å²) < 4.78 is 12.1. The standard InChI is InChI=1S/C17H19N3O4/c1-11-12(9-18-19(11)2)10-20-13-6-4-5-7-14(13)24-15(17(20)22)8-16(21)23-3/h4-7,9,15H,8,10H2,1-3H3/t15-/m0/s1. The van der Waals surface area contributed by atoms with Crippen LogP contribution in [-0.4, -0.2) is 34.9 Å². The molecule has 3 rings (SSSR count). The second-order valence-corrected chi connectivity index (χ2v) is 5.66. The Morgan fingerprint density at radius 1 is 1.38 bits per heavy atom. The molecule has 0 unspecified atom stereocenters. The first-order chi connectivity index (χ1) is 11.5. The Labute approximate surface area is 139 Å². The van der Waals surface area contributed by atoms with Crippen LogP contribution in [0.15, 0.2) is 30.5 Å². The molecule has 2 aromatic rings. The van der Waals surface area contributed by atoms with Crippen molar-refractivity contribution in [1.29, 1.82) is 0 Å². The zero-order chi connectivity index (χ0) is 17.3. The van der Waals surface area contributed by atoms with Crippen molar-refractivity contribution in [2.75, 3.05) is 12.0 Å². The Morgan fingerprint density at radius 2 is 2.12 bits per heavy atom. The van der Waals surface area contributed by atoms with Crippen LogP contribution in [-0.2, 0) is 27.9 Å². The zero-order valence-corrected chi connectivity index (χ0v) is 13.9. The van der Waals surface area contributed by atoms with E-state index in [9.17, 15) is 9.59 Å². The molecule has 0 bridgehead atoms. The molecule has 1 aliphatic heterocycles. The number of rotatable bonds is 4. The molecule has 0 saturated carbocycles. The van der Waals surface area contributed by atoms with Crippen LogP contribution in [0.1, 0.15) is 17.7 Å². The van der Waals surface area contributed by atoms with Gasteiger partial charge in [0.15, 0.2) is 6.10 Å². The number of methoxy groups -OCH3 is 1. The van der Waals surface area contributed by atoms with Crippen molar-refractivity contribution in [3.8, 4) is 5.75 Å². The van der Waals surface area contributed by atoms with E-state index in [1.807, 2.05) is 32.2 Å². The Morgan fingerprint density at radius 3 is 2.79 bits per heavy atom. The molecule has 126 valence electrons. The van der Waals surface area contributed by atoms with Gasteiger partial charge < -0.3 is 14.4 Å². The van der Waals surface area contributed by atoms with Crippen LogP contribution in [0.4, 0.5) is 5.69 Å². The van der Waals surface area contributed by atoms with Crippen molar-refractivity contribution in [2.45, 2.75) is 26.0 Å². The molecule has 0 N–H and O–H groups in total. The highest BCUT2D eigenvalue weighted by Crippen LogP contribution is 2.35. The molecule has 7 nitrogen and oxygen atoms in total. The predicted molar refractivity (Wildman–Crippen MR) is 86.6 cm³/mol. The maximum atomic E-state index is 12.8. The lowest BCUT2D eigenvalue weighted by atomic mass is 10.1. The number of ether oxygens (including phenoxy) is 2. The quantitative estimate of drug-likeness (QED) is 0.796. The normalized spacial score (nSPS) is 16.5. The maximum Gasteiger partial charge on any atom is 0.309 e. The minimum Gasteiger partial charge on any atom is -0.478 e. The van der Waals surface area contributed by atoms with E-state index >= 15 is 0 Å². The molecule has 7 heteroatoms. The third-order valence-electron chi connectivity index (χ3n) is 4.21. The van der Waals surface area contributed by atoms with E-state index in [0.717, 1.165) is 11.3 Å². The smallest absolute Gasteiger partial charge is 0.309 e. The molecule has 0 radical (unpaired) electrons. The second-order valence-electron chi connectivity index (χ2n) is 5.66. The van der Waals surface area contributed by atoms with Crippen LogP contribution in [0.5, 0.6) is 5.75 Å². The molecule has 0 aliphatic carbocycles. The SMILES string of the molecule is COC(=O)C[C@@H]1Oc2ccccc2N(Cc2cnn(C)c2C)C1=O. The van der Waals surface area contributed by atoms with Crippen LogP contribution < -0.4 is 9.64 Å². The van der Waals surface area contributed by atoms with Crippen LogP contribution in [0.3, 0.4) is 0 Å². The molecule has 0 saturated heterocycles. The summed E-state index contributed by atoms with van der Waals surface area (Å²) in [7, 11) is 3.15. The number of aromatic nitrogens is 2. The number of anilines is 1. The number of carbonyl (C=O) groups is 2. The van der Waals surface area contributed by atoms with Gasteiger partial charge in [0, 0.05) is 18.3 Å². The van der Waals surface area contributed by atoms with Gasteiger partial charge in [0.05, 0.1) is 32.0 Å². The van der Waals surface area contributed by atoms with Gasteiger partial charge in [-0.25, -0.2) is 0 Å². The topological polar surface area (TPSA) is 73.7 Å². The second kappa shape index (κ2) is 6.35. The minimum absolute atomic E-state index is 0.119. The molecule has 2 heterocycles. The van der Waals surface area contributed by atoms with Gasteiger partial charge in [-0.05, 0) is 19.1 Å². The van der Waals surface area contributed by atoms with Gasteiger partial charge in [0.1, 0.15) is 5.75 Å². The number of hydrogen-bond donors (Lipinski definition) is 0. The van der Waals surface area contributed by atoms with Gasteiger partial charge in [-0.2, -0.15) is 5.10 Å². The molecule has 0 fully saturated rings. The summed E-state index contributed by atoms with van der Waals surface area (Å²) in [6, 6.07) is 7.29. The number of aryl methyl sites for hydroxylation is 1. The first-order valence-electron chi connectivity index (χ1n) is 7.62. The summed E-state index contributed by atoms with van der Waals surface area (Å²) in [5.74, 6) is -0.167. The molecule has 24 heavy (non-hydrogen) atoms. The predicted octanol–water partition coefficient (Wildman–Crippen LogP) is 1.59. The monoisotopic (exact) mass is 329 g/mol. The Hall–Kier alpha value is -2.83. The fourth-order valence-electron chi connectivity index (χ4n) is 2.67. The number of benzene rings is 1. The number of fused-ring (bicyclic) bond motifs is 1. The molecule has 1 aliphatic rings. The molecule has 1 amide bonds. The lowest BCUT2D eigenvalue weighted by molar-refractivity contribution is -0.145. The molecule has 1 atom stereocenters. The lowest BCUT2D eigenvalue weighted by Gasteiger charge is -2.34.